The highest BCUT2D eigenvalue weighted by Crippen LogP contribution is 2.19. The van der Waals surface area contributed by atoms with Crippen molar-refractivity contribution in [3.8, 4) is 0 Å². The van der Waals surface area contributed by atoms with Crippen molar-refractivity contribution in [2.45, 2.75) is 44.2 Å². The fourth-order valence-corrected chi connectivity index (χ4v) is 3.44. The molecule has 1 unspecified atom stereocenters. The molecule has 1 saturated carbocycles. The van der Waals surface area contributed by atoms with Gasteiger partial charge in [0.2, 0.25) is 0 Å². The monoisotopic (exact) mass is 330 g/mol. The zero-order valence-corrected chi connectivity index (χ0v) is 14.5. The van der Waals surface area contributed by atoms with E-state index >= 15 is 0 Å². The van der Waals surface area contributed by atoms with E-state index in [9.17, 15) is 9.59 Å². The lowest BCUT2D eigenvalue weighted by Crippen LogP contribution is -3.11. The van der Waals surface area contributed by atoms with Crippen molar-refractivity contribution in [3.05, 3.63) is 35.9 Å². The van der Waals surface area contributed by atoms with Gasteiger partial charge >= 0.3 is 0 Å². The van der Waals surface area contributed by atoms with Crippen LogP contribution in [0.4, 0.5) is 0 Å². The van der Waals surface area contributed by atoms with Crippen LogP contribution in [0.15, 0.2) is 30.3 Å². The number of rotatable bonds is 6. The van der Waals surface area contributed by atoms with Crippen LogP contribution in [0.25, 0.3) is 0 Å². The van der Waals surface area contributed by atoms with Gasteiger partial charge in [-0.3, -0.25) is 9.59 Å². The number of hydrogen-bond acceptors (Lipinski definition) is 2. The molecule has 1 aliphatic heterocycles. The summed E-state index contributed by atoms with van der Waals surface area (Å²) in [7, 11) is 1.95. The van der Waals surface area contributed by atoms with Gasteiger partial charge in [0.05, 0.1) is 7.05 Å². The van der Waals surface area contributed by atoms with Crippen molar-refractivity contribution in [1.29, 1.82) is 0 Å². The third kappa shape index (κ3) is 4.35. The summed E-state index contributed by atoms with van der Waals surface area (Å²) in [6.07, 6.45) is 5.52. The van der Waals surface area contributed by atoms with Gasteiger partial charge in [-0.1, -0.05) is 30.3 Å². The number of carbonyl (C=O) groups excluding carboxylic acids is 2. The summed E-state index contributed by atoms with van der Waals surface area (Å²) in [4.78, 5) is 28.2. The highest BCUT2D eigenvalue weighted by Gasteiger charge is 2.35. The van der Waals surface area contributed by atoms with Gasteiger partial charge in [0, 0.05) is 24.7 Å². The molecule has 0 aromatic heterocycles. The first kappa shape index (κ1) is 17.0. The van der Waals surface area contributed by atoms with Gasteiger partial charge in [-0.2, -0.15) is 0 Å². The maximum absolute atomic E-state index is 13.1. The standard InChI is InChI=1S/C19H27N3O2/c1-21(14-17(23)20-16-10-11-16)18(15-8-4-2-5-9-15)19(24)22-12-6-3-7-13-22/h2,4-5,8-9,16,18H,3,6-7,10-14H2,1H3,(H,20,23)/p+1/t18-/m0/s1. The molecule has 5 nitrogen and oxygen atoms in total. The minimum atomic E-state index is -0.311. The Hall–Kier alpha value is -1.88. The highest BCUT2D eigenvalue weighted by atomic mass is 16.2. The summed E-state index contributed by atoms with van der Waals surface area (Å²) in [6, 6.07) is 9.92. The Morgan fingerprint density at radius 3 is 2.46 bits per heavy atom. The summed E-state index contributed by atoms with van der Waals surface area (Å²) in [5, 5.41) is 3.02. The Morgan fingerprint density at radius 2 is 1.83 bits per heavy atom. The van der Waals surface area contributed by atoms with Gasteiger partial charge in [0.25, 0.3) is 11.8 Å². The smallest absolute Gasteiger partial charge is 0.285 e. The zero-order chi connectivity index (χ0) is 16.9. The molecule has 2 N–H and O–H groups in total. The molecule has 2 amide bonds. The first-order chi connectivity index (χ1) is 11.6. The van der Waals surface area contributed by atoms with Crippen molar-refractivity contribution in [2.75, 3.05) is 26.7 Å². The summed E-state index contributed by atoms with van der Waals surface area (Å²) in [5.74, 6) is 0.194. The molecule has 1 aromatic carbocycles. The second-order valence-corrected chi connectivity index (χ2v) is 7.09. The van der Waals surface area contributed by atoms with E-state index in [4.69, 9.17) is 0 Å². The third-order valence-electron chi connectivity index (χ3n) is 4.92. The molecule has 2 atom stereocenters. The first-order valence-electron chi connectivity index (χ1n) is 9.10. The highest BCUT2D eigenvalue weighted by molar-refractivity contribution is 5.83. The predicted molar refractivity (Wildman–Crippen MR) is 92.5 cm³/mol. The van der Waals surface area contributed by atoms with Gasteiger partial charge in [0.15, 0.2) is 12.6 Å². The fourth-order valence-electron chi connectivity index (χ4n) is 3.44. The number of quaternary nitrogens is 1. The van der Waals surface area contributed by atoms with Crippen LogP contribution in [0.3, 0.4) is 0 Å². The van der Waals surface area contributed by atoms with E-state index < -0.39 is 0 Å². The number of hydrogen-bond donors (Lipinski definition) is 2. The van der Waals surface area contributed by atoms with E-state index in [0.717, 1.165) is 49.2 Å². The number of nitrogens with one attached hydrogen (secondary N) is 2. The SMILES string of the molecule is C[NH+](CC(=O)NC1CC1)[C@H](C(=O)N1CCCCC1)c1ccccc1. The van der Waals surface area contributed by atoms with Gasteiger partial charge < -0.3 is 15.1 Å². The molecule has 1 aliphatic carbocycles. The molecule has 5 heteroatoms. The molecular formula is C19H28N3O2+. The Bertz CT molecular complexity index is 565. The van der Waals surface area contributed by atoms with Crippen molar-refractivity contribution in [3.63, 3.8) is 0 Å². The van der Waals surface area contributed by atoms with Crippen LogP contribution in [0, 0.1) is 0 Å². The van der Waals surface area contributed by atoms with E-state index in [1.165, 1.54) is 6.42 Å². The minimum absolute atomic E-state index is 0.0439. The van der Waals surface area contributed by atoms with Crippen LogP contribution >= 0.6 is 0 Å². The molecular weight excluding hydrogens is 302 g/mol. The van der Waals surface area contributed by atoms with E-state index in [1.54, 1.807) is 0 Å². The maximum Gasteiger partial charge on any atom is 0.285 e. The number of likely N-dealkylation sites (tertiary alicyclic amines) is 1. The van der Waals surface area contributed by atoms with Crippen LogP contribution in [0.1, 0.15) is 43.7 Å². The molecule has 1 heterocycles. The van der Waals surface area contributed by atoms with Crippen molar-refractivity contribution < 1.29 is 14.5 Å². The van der Waals surface area contributed by atoms with Crippen molar-refractivity contribution in [2.24, 2.45) is 0 Å². The van der Waals surface area contributed by atoms with Crippen LogP contribution in [-0.2, 0) is 9.59 Å². The maximum atomic E-state index is 13.1. The van der Waals surface area contributed by atoms with Crippen molar-refractivity contribution >= 4 is 11.8 Å². The molecule has 130 valence electrons. The predicted octanol–water partition coefficient (Wildman–Crippen LogP) is 0.534. The molecule has 1 aromatic rings. The second-order valence-electron chi connectivity index (χ2n) is 7.09. The quantitative estimate of drug-likeness (QED) is 0.800. The zero-order valence-electron chi connectivity index (χ0n) is 14.5. The van der Waals surface area contributed by atoms with Crippen molar-refractivity contribution in [1.82, 2.24) is 10.2 Å². The minimum Gasteiger partial charge on any atom is -0.348 e. The lowest BCUT2D eigenvalue weighted by atomic mass is 10.0. The number of carbonyl (C=O) groups is 2. The van der Waals surface area contributed by atoms with E-state index in [-0.39, 0.29) is 17.9 Å². The van der Waals surface area contributed by atoms with Crippen LogP contribution in [0.2, 0.25) is 0 Å². The molecule has 3 rings (SSSR count). The number of likely N-dealkylation sites (N-methyl/N-ethyl adjacent to an activating group) is 1. The molecule has 0 bridgehead atoms. The summed E-state index contributed by atoms with van der Waals surface area (Å²) >= 11 is 0. The van der Waals surface area contributed by atoms with Gasteiger partial charge in [0.1, 0.15) is 0 Å². The normalized spacial score (nSPS) is 20.3. The molecule has 0 spiro atoms. The summed E-state index contributed by atoms with van der Waals surface area (Å²) in [5.41, 5.74) is 0.991. The summed E-state index contributed by atoms with van der Waals surface area (Å²) in [6.45, 7) is 2.00. The molecule has 0 radical (unpaired) electrons. The first-order valence-corrected chi connectivity index (χ1v) is 9.10. The van der Waals surface area contributed by atoms with Gasteiger partial charge in [-0.15, -0.1) is 0 Å². The largest absolute Gasteiger partial charge is 0.348 e. The van der Waals surface area contributed by atoms with Gasteiger partial charge in [-0.05, 0) is 32.1 Å². The average Bonchev–Trinajstić information content (AvgIpc) is 3.40. The molecule has 1 saturated heterocycles. The van der Waals surface area contributed by atoms with E-state index in [1.807, 2.05) is 42.3 Å². The third-order valence-corrected chi connectivity index (χ3v) is 4.92. The second kappa shape index (κ2) is 7.79. The topological polar surface area (TPSA) is 53.9 Å². The number of amides is 2. The number of nitrogens with zero attached hydrogens (tertiary/aromatic N) is 1. The molecule has 2 aliphatic rings. The fraction of sp³-hybridized carbons (Fsp3) is 0.579. The Balaban J connectivity index is 1.73. The van der Waals surface area contributed by atoms with Crippen LogP contribution < -0.4 is 10.2 Å². The number of piperidine rings is 1. The van der Waals surface area contributed by atoms with E-state index in [2.05, 4.69) is 5.32 Å². The Labute approximate surface area is 144 Å². The lowest BCUT2D eigenvalue weighted by Gasteiger charge is -2.32. The van der Waals surface area contributed by atoms with E-state index in [0.29, 0.717) is 12.6 Å². The van der Waals surface area contributed by atoms with Crippen LogP contribution in [-0.4, -0.2) is 49.4 Å². The Kier molecular flexibility index (Phi) is 5.51. The van der Waals surface area contributed by atoms with Gasteiger partial charge in [-0.25, -0.2) is 0 Å². The average molecular weight is 330 g/mol. The number of benzene rings is 1. The molecule has 2 fully saturated rings. The Morgan fingerprint density at radius 1 is 1.17 bits per heavy atom. The summed E-state index contributed by atoms with van der Waals surface area (Å²) < 4.78 is 0. The lowest BCUT2D eigenvalue weighted by molar-refractivity contribution is -0.894. The molecule has 24 heavy (non-hydrogen) atoms. The van der Waals surface area contributed by atoms with Crippen LogP contribution in [0.5, 0.6) is 0 Å².